The number of nitrogens with zero attached hydrogens (tertiary/aromatic N) is 2. The highest BCUT2D eigenvalue weighted by atomic mass is 16.5. The minimum absolute atomic E-state index is 0.0999. The fourth-order valence-corrected chi connectivity index (χ4v) is 2.68. The molecule has 1 aliphatic rings. The van der Waals surface area contributed by atoms with Gasteiger partial charge < -0.3 is 15.4 Å². The number of ether oxygens (including phenoxy) is 1. The van der Waals surface area contributed by atoms with E-state index in [0.29, 0.717) is 18.2 Å². The van der Waals surface area contributed by atoms with E-state index in [-0.39, 0.29) is 17.6 Å². The topological polar surface area (TPSA) is 68.2 Å². The van der Waals surface area contributed by atoms with Crippen molar-refractivity contribution in [2.24, 2.45) is 18.4 Å². The first kappa shape index (κ1) is 14.8. The number of hydrogen-bond acceptors (Lipinski definition) is 3. The number of nitrogens with one attached hydrogen (secondary N) is 2. The quantitative estimate of drug-likeness (QED) is 0.889. The van der Waals surface area contributed by atoms with Gasteiger partial charge in [0.05, 0.1) is 18.0 Å². The molecule has 0 bridgehead atoms. The lowest BCUT2D eigenvalue weighted by atomic mass is 9.81. The zero-order chi connectivity index (χ0) is 14.8. The molecule has 1 aliphatic heterocycles. The van der Waals surface area contributed by atoms with Crippen molar-refractivity contribution in [2.45, 2.75) is 33.3 Å². The van der Waals surface area contributed by atoms with Gasteiger partial charge in [-0.3, -0.25) is 4.68 Å². The summed E-state index contributed by atoms with van der Waals surface area (Å²) < 4.78 is 7.45. The number of rotatable bonds is 3. The lowest BCUT2D eigenvalue weighted by Gasteiger charge is -2.31. The molecule has 1 aromatic heterocycles. The Morgan fingerprint density at radius 3 is 2.90 bits per heavy atom. The minimum Gasteiger partial charge on any atom is -0.377 e. The zero-order valence-electron chi connectivity index (χ0n) is 12.6. The van der Waals surface area contributed by atoms with Gasteiger partial charge in [0.25, 0.3) is 0 Å². The summed E-state index contributed by atoms with van der Waals surface area (Å²) in [6, 6.07) is -0.197. The largest absolute Gasteiger partial charge is 0.377 e. The van der Waals surface area contributed by atoms with E-state index in [9.17, 15) is 4.79 Å². The molecule has 1 fully saturated rings. The van der Waals surface area contributed by atoms with Crippen LogP contribution in [0.4, 0.5) is 10.5 Å². The van der Waals surface area contributed by atoms with E-state index in [1.54, 1.807) is 17.1 Å². The fourth-order valence-electron chi connectivity index (χ4n) is 2.68. The molecule has 0 aromatic carbocycles. The number of carbonyl (C=O) groups excluding carboxylic acids is 1. The predicted octanol–water partition coefficient (Wildman–Crippen LogP) is 1.99. The van der Waals surface area contributed by atoms with Crippen molar-refractivity contribution in [3.8, 4) is 0 Å². The van der Waals surface area contributed by atoms with Gasteiger partial charge in [0.15, 0.2) is 0 Å². The zero-order valence-corrected chi connectivity index (χ0v) is 12.6. The average molecular weight is 280 g/mol. The molecule has 6 heteroatoms. The van der Waals surface area contributed by atoms with Gasteiger partial charge in [-0.2, -0.15) is 5.10 Å². The number of amides is 2. The third-order valence-electron chi connectivity index (χ3n) is 3.56. The Morgan fingerprint density at radius 2 is 2.30 bits per heavy atom. The van der Waals surface area contributed by atoms with Crippen LogP contribution in [0.25, 0.3) is 0 Å². The smallest absolute Gasteiger partial charge is 0.319 e. The third kappa shape index (κ3) is 3.72. The molecule has 1 aromatic rings. The molecule has 0 spiro atoms. The van der Waals surface area contributed by atoms with Gasteiger partial charge in [-0.15, -0.1) is 0 Å². The highest BCUT2D eigenvalue weighted by Gasteiger charge is 2.37. The molecule has 2 N–H and O–H groups in total. The van der Waals surface area contributed by atoms with E-state index in [2.05, 4.69) is 36.5 Å². The second kappa shape index (κ2) is 5.83. The maximum atomic E-state index is 11.8. The molecular weight excluding hydrogens is 256 g/mol. The molecule has 20 heavy (non-hydrogen) atoms. The highest BCUT2D eigenvalue weighted by Crippen LogP contribution is 2.34. The van der Waals surface area contributed by atoms with E-state index >= 15 is 0 Å². The highest BCUT2D eigenvalue weighted by molar-refractivity contribution is 5.88. The Morgan fingerprint density at radius 1 is 1.55 bits per heavy atom. The maximum absolute atomic E-state index is 11.8. The van der Waals surface area contributed by atoms with Gasteiger partial charge in [-0.1, -0.05) is 20.8 Å². The monoisotopic (exact) mass is 280 g/mol. The predicted molar refractivity (Wildman–Crippen MR) is 77.5 cm³/mol. The second-order valence-corrected chi connectivity index (χ2v) is 6.44. The van der Waals surface area contributed by atoms with Crippen LogP contribution in [-0.2, 0) is 11.8 Å². The molecule has 0 saturated carbocycles. The normalized spacial score (nSPS) is 22.8. The van der Waals surface area contributed by atoms with Crippen LogP contribution in [0.3, 0.4) is 0 Å². The van der Waals surface area contributed by atoms with Crippen molar-refractivity contribution in [2.75, 3.05) is 18.5 Å². The number of aromatic nitrogens is 2. The number of anilines is 1. The Bertz CT molecular complexity index is 464. The number of carbonyl (C=O) groups is 1. The summed E-state index contributed by atoms with van der Waals surface area (Å²) in [5, 5.41) is 9.69. The summed E-state index contributed by atoms with van der Waals surface area (Å²) in [5.41, 5.74) is 0.794. The third-order valence-corrected chi connectivity index (χ3v) is 3.56. The summed E-state index contributed by atoms with van der Waals surface area (Å²) in [6.45, 7) is 7.93. The Labute approximate surface area is 119 Å². The summed E-state index contributed by atoms with van der Waals surface area (Å²) in [7, 11) is 1.81. The fraction of sp³-hybridized carbons (Fsp3) is 0.714. The van der Waals surface area contributed by atoms with E-state index in [1.165, 1.54) is 0 Å². The van der Waals surface area contributed by atoms with Crippen molar-refractivity contribution < 1.29 is 9.53 Å². The van der Waals surface area contributed by atoms with Crippen molar-refractivity contribution in [3.63, 3.8) is 0 Å². The van der Waals surface area contributed by atoms with Crippen LogP contribution in [0.1, 0.15) is 27.2 Å². The van der Waals surface area contributed by atoms with Crippen molar-refractivity contribution in [3.05, 3.63) is 12.4 Å². The van der Waals surface area contributed by atoms with E-state index < -0.39 is 0 Å². The first-order valence-corrected chi connectivity index (χ1v) is 7.01. The molecule has 0 unspecified atom stereocenters. The molecule has 2 heterocycles. The van der Waals surface area contributed by atoms with Gasteiger partial charge in [0.1, 0.15) is 0 Å². The van der Waals surface area contributed by atoms with E-state index in [0.717, 1.165) is 13.0 Å². The van der Waals surface area contributed by atoms with Crippen LogP contribution in [0.2, 0.25) is 0 Å². The molecular formula is C14H24N4O2. The minimum atomic E-state index is -0.197. The van der Waals surface area contributed by atoms with Crippen LogP contribution < -0.4 is 10.6 Å². The van der Waals surface area contributed by atoms with Crippen molar-refractivity contribution >= 4 is 11.7 Å². The van der Waals surface area contributed by atoms with Crippen LogP contribution in [0, 0.1) is 11.3 Å². The second-order valence-electron chi connectivity index (χ2n) is 6.44. The molecule has 6 nitrogen and oxygen atoms in total. The van der Waals surface area contributed by atoms with Gasteiger partial charge in [-0.05, 0) is 11.8 Å². The first-order valence-electron chi connectivity index (χ1n) is 7.01. The van der Waals surface area contributed by atoms with Crippen LogP contribution in [0.15, 0.2) is 12.4 Å². The molecule has 2 amide bonds. The maximum Gasteiger partial charge on any atom is 0.319 e. The van der Waals surface area contributed by atoms with Gasteiger partial charge >= 0.3 is 6.03 Å². The molecule has 0 aliphatic carbocycles. The molecule has 0 radical (unpaired) electrons. The van der Waals surface area contributed by atoms with E-state index in [4.69, 9.17) is 4.74 Å². The SMILES string of the molecule is Cn1cc(NC(=O)NC[C@H]2CCO[C@@H]2C(C)(C)C)cn1. The lowest BCUT2D eigenvalue weighted by molar-refractivity contribution is 0.00782. The summed E-state index contributed by atoms with van der Waals surface area (Å²) in [6.07, 6.45) is 4.57. The number of urea groups is 1. The molecule has 1 saturated heterocycles. The molecule has 2 rings (SSSR count). The summed E-state index contributed by atoms with van der Waals surface area (Å²) >= 11 is 0. The van der Waals surface area contributed by atoms with Gasteiger partial charge in [0.2, 0.25) is 0 Å². The lowest BCUT2D eigenvalue weighted by Crippen LogP contribution is -2.40. The van der Waals surface area contributed by atoms with E-state index in [1.807, 2.05) is 7.05 Å². The number of hydrogen-bond donors (Lipinski definition) is 2. The van der Waals surface area contributed by atoms with Gasteiger partial charge in [0, 0.05) is 32.3 Å². The average Bonchev–Trinajstić information content (AvgIpc) is 2.94. The number of aryl methyl sites for hydroxylation is 1. The van der Waals surface area contributed by atoms with Crippen LogP contribution in [0.5, 0.6) is 0 Å². The van der Waals surface area contributed by atoms with Gasteiger partial charge in [-0.25, -0.2) is 4.79 Å². The molecule has 112 valence electrons. The van der Waals surface area contributed by atoms with Crippen LogP contribution in [-0.4, -0.2) is 35.1 Å². The first-order chi connectivity index (χ1) is 9.36. The van der Waals surface area contributed by atoms with Crippen molar-refractivity contribution in [1.82, 2.24) is 15.1 Å². The summed E-state index contributed by atoms with van der Waals surface area (Å²) in [4.78, 5) is 11.8. The standard InChI is InChI=1S/C14H24N4O2/c1-14(2,3)12-10(5-6-20-12)7-15-13(19)17-11-8-16-18(4)9-11/h8-10,12H,5-7H2,1-4H3,(H2,15,17,19)/t10-,12+/m1/s1. The Hall–Kier alpha value is -1.56. The van der Waals surface area contributed by atoms with Crippen LogP contribution >= 0.6 is 0 Å². The molecule has 2 atom stereocenters. The summed E-state index contributed by atoms with van der Waals surface area (Å²) in [5.74, 6) is 0.370. The van der Waals surface area contributed by atoms with Crippen molar-refractivity contribution in [1.29, 1.82) is 0 Å². The Kier molecular flexibility index (Phi) is 4.32. The Balaban J connectivity index is 1.81.